The van der Waals surface area contributed by atoms with E-state index in [0.29, 0.717) is 18.0 Å². The van der Waals surface area contributed by atoms with Crippen molar-refractivity contribution in [2.45, 2.75) is 51.7 Å². The largest absolute Gasteiger partial charge is 0.338 e. The van der Waals surface area contributed by atoms with Gasteiger partial charge in [0.05, 0.1) is 0 Å². The summed E-state index contributed by atoms with van der Waals surface area (Å²) >= 11 is 0. The molecule has 1 amide bonds. The average Bonchev–Trinajstić information content (AvgIpc) is 2.76. The van der Waals surface area contributed by atoms with Crippen LogP contribution in [0.4, 0.5) is 0 Å². The summed E-state index contributed by atoms with van der Waals surface area (Å²) in [5.74, 6) is 0.599. The number of carbonyl (C=O) groups is 1. The molecule has 0 spiro atoms. The number of nitrogens with one attached hydrogen (secondary N) is 1. The van der Waals surface area contributed by atoms with Crippen molar-refractivity contribution in [3.63, 3.8) is 0 Å². The van der Waals surface area contributed by atoms with Crippen molar-refractivity contribution in [2.24, 2.45) is 5.92 Å². The second kappa shape index (κ2) is 9.56. The molecule has 0 saturated carbocycles. The van der Waals surface area contributed by atoms with Crippen LogP contribution in [0, 0.1) is 5.92 Å². The number of amides is 1. The molecule has 0 aromatic heterocycles. The van der Waals surface area contributed by atoms with E-state index in [1.54, 1.807) is 0 Å². The molecule has 5 heteroatoms. The van der Waals surface area contributed by atoms with Crippen molar-refractivity contribution < 1.29 is 4.79 Å². The Morgan fingerprint density at radius 2 is 1.96 bits per heavy atom. The Morgan fingerprint density at radius 3 is 2.68 bits per heavy atom. The number of piperidine rings is 1. The molecule has 3 rings (SSSR count). The van der Waals surface area contributed by atoms with E-state index in [-0.39, 0.29) is 18.3 Å². The van der Waals surface area contributed by atoms with E-state index in [9.17, 15) is 4.79 Å². The Kier molecular flexibility index (Phi) is 7.73. The highest BCUT2D eigenvalue weighted by molar-refractivity contribution is 5.85. The molecule has 1 unspecified atom stereocenters. The average molecular weight is 366 g/mol. The predicted octanol–water partition coefficient (Wildman–Crippen LogP) is 2.92. The number of benzene rings is 1. The molecule has 2 saturated heterocycles. The minimum absolute atomic E-state index is 0. The van der Waals surface area contributed by atoms with Crippen molar-refractivity contribution in [1.82, 2.24) is 15.1 Å². The lowest BCUT2D eigenvalue weighted by molar-refractivity contribution is -0.138. The molecule has 2 aliphatic heterocycles. The van der Waals surface area contributed by atoms with Gasteiger partial charge < -0.3 is 10.2 Å². The standard InChI is InChI=1S/C20H31N3O.ClH/c1-16-13-19(9-10-21-16)20(24)23-12-6-11-22(14-17(23)2)15-18-7-4-3-5-8-18;/h3-5,7-8,16-17,19,21H,6,9-15H2,1-2H3;1H/t16-,17?,19-;/m0./s1. The van der Waals surface area contributed by atoms with Gasteiger partial charge in [-0.15, -0.1) is 12.4 Å². The Morgan fingerprint density at radius 1 is 1.20 bits per heavy atom. The molecule has 3 atom stereocenters. The first-order valence-corrected chi connectivity index (χ1v) is 9.43. The summed E-state index contributed by atoms with van der Waals surface area (Å²) in [6, 6.07) is 11.4. The van der Waals surface area contributed by atoms with Crippen LogP contribution in [0.2, 0.25) is 0 Å². The lowest BCUT2D eigenvalue weighted by Crippen LogP contribution is -2.48. The van der Waals surface area contributed by atoms with Crippen LogP contribution in [0.3, 0.4) is 0 Å². The Bertz CT molecular complexity index is 539. The van der Waals surface area contributed by atoms with Crippen molar-refractivity contribution in [1.29, 1.82) is 0 Å². The summed E-state index contributed by atoms with van der Waals surface area (Å²) in [5, 5.41) is 3.45. The van der Waals surface area contributed by atoms with Crippen LogP contribution in [0.15, 0.2) is 30.3 Å². The van der Waals surface area contributed by atoms with Crippen LogP contribution in [-0.2, 0) is 11.3 Å². The van der Waals surface area contributed by atoms with Crippen LogP contribution >= 0.6 is 12.4 Å². The monoisotopic (exact) mass is 365 g/mol. The van der Waals surface area contributed by atoms with Crippen LogP contribution in [0.5, 0.6) is 0 Å². The van der Waals surface area contributed by atoms with Crippen LogP contribution in [0.25, 0.3) is 0 Å². The summed E-state index contributed by atoms with van der Waals surface area (Å²) in [6.07, 6.45) is 3.04. The first kappa shape index (κ1) is 20.2. The highest BCUT2D eigenvalue weighted by Gasteiger charge is 2.32. The molecule has 2 fully saturated rings. The van der Waals surface area contributed by atoms with Crippen molar-refractivity contribution in [2.75, 3.05) is 26.2 Å². The number of hydrogen-bond acceptors (Lipinski definition) is 3. The first-order valence-electron chi connectivity index (χ1n) is 9.43. The SMILES string of the molecule is CC1CN(Cc2ccccc2)CCCN1C(=O)[C@H]1CCN[C@@H](C)C1.Cl. The second-order valence-corrected chi connectivity index (χ2v) is 7.53. The third-order valence-electron chi connectivity index (χ3n) is 5.43. The second-order valence-electron chi connectivity index (χ2n) is 7.53. The van der Waals surface area contributed by atoms with Crippen LogP contribution in [0.1, 0.15) is 38.7 Å². The van der Waals surface area contributed by atoms with Gasteiger partial charge in [-0.2, -0.15) is 0 Å². The number of carbonyl (C=O) groups excluding carboxylic acids is 1. The van der Waals surface area contributed by atoms with Gasteiger partial charge in [0.1, 0.15) is 0 Å². The van der Waals surface area contributed by atoms with Gasteiger partial charge in [-0.05, 0) is 45.2 Å². The summed E-state index contributed by atoms with van der Waals surface area (Å²) < 4.78 is 0. The maximum Gasteiger partial charge on any atom is 0.226 e. The van der Waals surface area contributed by atoms with Crippen LogP contribution in [-0.4, -0.2) is 54.0 Å². The van der Waals surface area contributed by atoms with Gasteiger partial charge in [0.2, 0.25) is 5.91 Å². The van der Waals surface area contributed by atoms with Gasteiger partial charge in [-0.1, -0.05) is 30.3 Å². The van der Waals surface area contributed by atoms with Gasteiger partial charge in [-0.3, -0.25) is 9.69 Å². The number of nitrogens with zero attached hydrogens (tertiary/aromatic N) is 2. The third-order valence-corrected chi connectivity index (χ3v) is 5.43. The zero-order valence-electron chi connectivity index (χ0n) is 15.5. The highest BCUT2D eigenvalue weighted by Crippen LogP contribution is 2.22. The predicted molar refractivity (Wildman–Crippen MR) is 105 cm³/mol. The van der Waals surface area contributed by atoms with Crippen molar-refractivity contribution in [3.8, 4) is 0 Å². The molecule has 1 N–H and O–H groups in total. The van der Waals surface area contributed by atoms with E-state index in [4.69, 9.17) is 0 Å². The van der Waals surface area contributed by atoms with E-state index < -0.39 is 0 Å². The van der Waals surface area contributed by atoms with Gasteiger partial charge in [0.25, 0.3) is 0 Å². The van der Waals surface area contributed by atoms with E-state index in [1.807, 2.05) is 0 Å². The number of halogens is 1. The van der Waals surface area contributed by atoms with Gasteiger partial charge in [0, 0.05) is 44.2 Å². The zero-order chi connectivity index (χ0) is 16.9. The van der Waals surface area contributed by atoms with Gasteiger partial charge in [-0.25, -0.2) is 0 Å². The zero-order valence-corrected chi connectivity index (χ0v) is 16.3. The molecule has 2 heterocycles. The smallest absolute Gasteiger partial charge is 0.226 e. The molecular formula is C20H32ClN3O. The van der Waals surface area contributed by atoms with Crippen molar-refractivity contribution >= 4 is 18.3 Å². The topological polar surface area (TPSA) is 35.6 Å². The molecule has 4 nitrogen and oxygen atoms in total. The molecule has 1 aromatic carbocycles. The van der Waals surface area contributed by atoms with Crippen molar-refractivity contribution in [3.05, 3.63) is 35.9 Å². The minimum atomic E-state index is 0. The van der Waals surface area contributed by atoms with E-state index in [2.05, 4.69) is 59.3 Å². The summed E-state index contributed by atoms with van der Waals surface area (Å²) in [4.78, 5) is 17.7. The number of rotatable bonds is 3. The normalized spacial score (nSPS) is 28.1. The Balaban J connectivity index is 0.00000225. The summed E-state index contributed by atoms with van der Waals surface area (Å²) in [6.45, 7) is 9.31. The maximum absolute atomic E-state index is 13.0. The summed E-state index contributed by atoms with van der Waals surface area (Å²) in [7, 11) is 0. The molecule has 1 aromatic rings. The van der Waals surface area contributed by atoms with E-state index >= 15 is 0 Å². The first-order chi connectivity index (χ1) is 11.6. The fourth-order valence-electron chi connectivity index (χ4n) is 4.15. The highest BCUT2D eigenvalue weighted by atomic mass is 35.5. The quantitative estimate of drug-likeness (QED) is 0.894. The lowest BCUT2D eigenvalue weighted by atomic mass is 9.91. The summed E-state index contributed by atoms with van der Waals surface area (Å²) in [5.41, 5.74) is 1.36. The minimum Gasteiger partial charge on any atom is -0.338 e. The fraction of sp³-hybridized carbons (Fsp3) is 0.650. The van der Waals surface area contributed by atoms with Gasteiger partial charge in [0.15, 0.2) is 0 Å². The molecule has 140 valence electrons. The molecule has 25 heavy (non-hydrogen) atoms. The molecule has 0 bridgehead atoms. The number of hydrogen-bond donors (Lipinski definition) is 1. The van der Waals surface area contributed by atoms with E-state index in [0.717, 1.165) is 52.0 Å². The molecule has 0 radical (unpaired) electrons. The van der Waals surface area contributed by atoms with Crippen LogP contribution < -0.4 is 5.32 Å². The molecule has 2 aliphatic rings. The third kappa shape index (κ3) is 5.44. The van der Waals surface area contributed by atoms with Gasteiger partial charge >= 0.3 is 0 Å². The maximum atomic E-state index is 13.0. The Labute approximate surface area is 158 Å². The Hall–Kier alpha value is -1.10. The fourth-order valence-corrected chi connectivity index (χ4v) is 4.15. The molecular weight excluding hydrogens is 334 g/mol. The lowest BCUT2D eigenvalue weighted by Gasteiger charge is -2.35. The molecule has 0 aliphatic carbocycles. The van der Waals surface area contributed by atoms with E-state index in [1.165, 1.54) is 5.56 Å².